The number of aromatic amines is 2. The van der Waals surface area contributed by atoms with Gasteiger partial charge in [-0.15, -0.1) is 8.67 Å². The van der Waals surface area contributed by atoms with Crippen molar-refractivity contribution in [3.05, 3.63) is 72.8 Å². The Morgan fingerprint density at radius 3 is 1.36 bits per heavy atom. The van der Waals surface area contributed by atoms with Crippen molar-refractivity contribution in [3.63, 3.8) is 0 Å². The van der Waals surface area contributed by atoms with Crippen LogP contribution in [0.5, 0.6) is 0 Å². The van der Waals surface area contributed by atoms with Gasteiger partial charge in [-0.3, -0.25) is 18.7 Å². The van der Waals surface area contributed by atoms with Crippen molar-refractivity contribution in [1.82, 2.24) is 39.9 Å². The standard InChI is InChI=1S/C44H38N8O20S8/c53-35(11-13-73-71-69-55)67-75-23-3-7-27-31(19-23)42-46-37(27)45-41-32-20-24(76-68-36(54)12-14-74-72-70-56)4-8-28(32)38(47-41)49-43-34-22-26(78(59,60)16-2-18-80(64,65)66)6-10-30(34)40(51-43)52-44-33-21-25(5-9-29(33)39(48-42)50-44)77(57,58)15-1-17-79(61,62)63/h3-10,19-22,55-56H,1-2,11-18H2,(H,61,62,63)(H,64,65,66)(H2,45,46,47,48,49,50,51,52). The lowest BCUT2D eigenvalue weighted by molar-refractivity contribution is -0.432. The lowest BCUT2D eigenvalue weighted by Gasteiger charge is -2.06. The Kier molecular flexibility index (Phi) is 18.1. The number of fused-ring (bicyclic) bond motifs is 20. The van der Waals surface area contributed by atoms with E-state index in [0.29, 0.717) is 61.2 Å². The third kappa shape index (κ3) is 14.2. The zero-order valence-electron chi connectivity index (χ0n) is 40.3. The molecule has 0 saturated heterocycles. The van der Waals surface area contributed by atoms with Crippen molar-refractivity contribution in [2.75, 3.05) is 34.5 Å². The summed E-state index contributed by atoms with van der Waals surface area (Å²) in [6.45, 7) is 0. The summed E-state index contributed by atoms with van der Waals surface area (Å²) >= 11 is 2.80. The van der Waals surface area contributed by atoms with Gasteiger partial charge >= 0.3 is 11.9 Å². The number of benzene rings is 4. The van der Waals surface area contributed by atoms with E-state index >= 15 is 0 Å². The molecule has 4 aromatic carbocycles. The first-order valence-corrected chi connectivity index (χ1v) is 32.6. The summed E-state index contributed by atoms with van der Waals surface area (Å²) in [7, 11) is -17.4. The Hall–Kier alpha value is -5.94. The Bertz CT molecular complexity index is 4240. The van der Waals surface area contributed by atoms with Gasteiger partial charge in [0.25, 0.3) is 20.2 Å². The number of aromatic nitrogens is 8. The molecule has 0 amide bonds. The summed E-state index contributed by atoms with van der Waals surface area (Å²) in [6.07, 6.45) is -1.10. The maximum atomic E-state index is 13.7. The fourth-order valence-corrected chi connectivity index (χ4v) is 13.8. The lowest BCUT2D eigenvalue weighted by atomic mass is 10.1. The van der Waals surface area contributed by atoms with Gasteiger partial charge in [0.15, 0.2) is 43.0 Å². The third-order valence-electron chi connectivity index (χ3n) is 11.5. The fourth-order valence-electron chi connectivity index (χ4n) is 7.93. The summed E-state index contributed by atoms with van der Waals surface area (Å²) in [5.41, 5.74) is 1.53. The largest absolute Gasteiger partial charge is 0.386 e. The van der Waals surface area contributed by atoms with Gasteiger partial charge in [0.1, 0.15) is 22.6 Å². The molecule has 3 aromatic heterocycles. The summed E-state index contributed by atoms with van der Waals surface area (Å²) in [5, 5.41) is 25.1. The van der Waals surface area contributed by atoms with Gasteiger partial charge in [-0.25, -0.2) is 57.3 Å². The molecule has 80 heavy (non-hydrogen) atoms. The molecule has 422 valence electrons. The highest BCUT2D eigenvalue weighted by atomic mass is 32.2. The average molecular weight is 1260 g/mol. The van der Waals surface area contributed by atoms with Crippen molar-refractivity contribution >= 4 is 144 Å². The molecule has 2 aliphatic heterocycles. The predicted octanol–water partition coefficient (Wildman–Crippen LogP) is 6.99. The van der Waals surface area contributed by atoms with Gasteiger partial charge in [-0.05, 0) is 85.6 Å². The molecule has 2 aliphatic rings. The first kappa shape index (κ1) is 58.7. The van der Waals surface area contributed by atoms with E-state index in [2.05, 4.69) is 28.7 Å². The zero-order chi connectivity index (χ0) is 57.0. The van der Waals surface area contributed by atoms with Crippen LogP contribution in [0.4, 0.5) is 0 Å². The van der Waals surface area contributed by atoms with E-state index in [1.165, 1.54) is 36.4 Å². The highest BCUT2D eigenvalue weighted by Crippen LogP contribution is 2.40. The molecule has 0 radical (unpaired) electrons. The molecule has 8 bridgehead atoms. The van der Waals surface area contributed by atoms with Crippen molar-refractivity contribution < 1.29 is 90.0 Å². The van der Waals surface area contributed by atoms with Crippen LogP contribution in [0.15, 0.2) is 92.4 Å². The normalized spacial score (nSPS) is 12.7. The fraction of sp³-hybridized carbons (Fsp3) is 0.227. The second kappa shape index (κ2) is 24.6. The van der Waals surface area contributed by atoms with Crippen LogP contribution < -0.4 is 0 Å². The van der Waals surface area contributed by atoms with Gasteiger partial charge in [0.2, 0.25) is 0 Å². The van der Waals surface area contributed by atoms with E-state index in [0.717, 1.165) is 24.1 Å². The number of carbonyl (C=O) groups excluding carboxylic acids is 2. The Morgan fingerprint density at radius 1 is 0.463 bits per heavy atom. The smallest absolute Gasteiger partial charge is 0.319 e. The van der Waals surface area contributed by atoms with E-state index in [9.17, 15) is 52.4 Å². The van der Waals surface area contributed by atoms with Crippen molar-refractivity contribution in [3.8, 4) is 45.6 Å². The van der Waals surface area contributed by atoms with Crippen LogP contribution in [-0.4, -0.2) is 140 Å². The van der Waals surface area contributed by atoms with Crippen LogP contribution in [0, 0.1) is 0 Å². The molecular formula is C44H38N8O20S8. The van der Waals surface area contributed by atoms with Crippen LogP contribution in [-0.2, 0) is 76.6 Å². The maximum absolute atomic E-state index is 13.7. The summed E-state index contributed by atoms with van der Waals surface area (Å²) in [5.74, 6) is -4.06. The molecule has 6 N–H and O–H groups in total. The molecule has 7 aromatic rings. The maximum Gasteiger partial charge on any atom is 0.319 e. The SMILES string of the molecule is O=C(CCSOOO)OSc1ccc2c(c1)-c1nc-2nc2[nH]c(nc3nc(nc4[nH]c(n1)c1ccc(S(=O)(=O)CCCS(=O)(=O)O)cc41)-c1ccc(S(=O)(=O)CCCS(=O)(=O)O)cc1-3)c1ccc(SOC(=O)CCSOOO)cc21. The van der Waals surface area contributed by atoms with Crippen molar-refractivity contribution in [2.24, 2.45) is 0 Å². The number of rotatable bonds is 24. The van der Waals surface area contributed by atoms with Crippen molar-refractivity contribution in [1.29, 1.82) is 0 Å². The highest BCUT2D eigenvalue weighted by molar-refractivity contribution is 7.95. The second-order valence-electron chi connectivity index (χ2n) is 16.9. The molecule has 0 spiro atoms. The predicted molar refractivity (Wildman–Crippen MR) is 290 cm³/mol. The topological polar surface area (TPSA) is 416 Å². The summed E-state index contributed by atoms with van der Waals surface area (Å²) in [6, 6.07) is 17.8. The molecule has 28 nitrogen and oxygen atoms in total. The Labute approximate surface area is 469 Å². The summed E-state index contributed by atoms with van der Waals surface area (Å²) in [4.78, 5) is 61.2. The van der Waals surface area contributed by atoms with Gasteiger partial charge in [0.05, 0.1) is 69.7 Å². The quantitative estimate of drug-likeness (QED) is 0.0117. The highest BCUT2D eigenvalue weighted by Gasteiger charge is 2.27. The second-order valence-corrected chi connectivity index (χ2v) is 27.4. The number of hydrogen-bond acceptors (Lipinski definition) is 28. The van der Waals surface area contributed by atoms with Crippen LogP contribution in [0.3, 0.4) is 0 Å². The molecular weight excluding hydrogens is 1220 g/mol. The molecule has 0 atom stereocenters. The Morgan fingerprint density at radius 2 is 0.863 bits per heavy atom. The monoisotopic (exact) mass is 1250 g/mol. The zero-order valence-corrected chi connectivity index (χ0v) is 46.8. The van der Waals surface area contributed by atoms with Gasteiger partial charge in [-0.1, -0.05) is 10.1 Å². The molecule has 5 heterocycles. The first-order chi connectivity index (χ1) is 38.1. The molecule has 36 heteroatoms. The first-order valence-electron chi connectivity index (χ1n) is 22.8. The number of nitrogens with zero attached hydrogens (tertiary/aromatic N) is 6. The van der Waals surface area contributed by atoms with Crippen LogP contribution in [0.1, 0.15) is 25.7 Å². The summed E-state index contributed by atoms with van der Waals surface area (Å²) < 4.78 is 139. The molecule has 9 rings (SSSR count). The number of carbonyl (C=O) groups is 2. The molecule has 0 fully saturated rings. The Balaban J connectivity index is 1.27. The van der Waals surface area contributed by atoms with E-state index in [1.54, 1.807) is 36.4 Å². The van der Waals surface area contributed by atoms with Crippen LogP contribution in [0.2, 0.25) is 0 Å². The number of nitrogens with one attached hydrogen (secondary N) is 2. The number of hydrogen-bond donors (Lipinski definition) is 6. The minimum atomic E-state index is -4.49. The van der Waals surface area contributed by atoms with Crippen molar-refractivity contribution in [2.45, 2.75) is 45.3 Å². The third-order valence-corrected chi connectivity index (χ3v) is 19.2. The van der Waals surface area contributed by atoms with Gasteiger partial charge < -0.3 is 18.3 Å². The number of sulfone groups is 2. The number of H-pyrrole nitrogens is 2. The average Bonchev–Trinajstić information content (AvgIpc) is 4.18. The van der Waals surface area contributed by atoms with Crippen LogP contribution >= 0.6 is 48.2 Å². The molecule has 0 saturated carbocycles. The van der Waals surface area contributed by atoms with E-state index in [1.807, 2.05) is 0 Å². The van der Waals surface area contributed by atoms with Gasteiger partial charge in [-0.2, -0.15) is 16.8 Å². The van der Waals surface area contributed by atoms with E-state index in [4.69, 9.17) is 48.8 Å². The lowest BCUT2D eigenvalue weighted by Crippen LogP contribution is -2.12. The molecule has 0 unspecified atom stereocenters. The van der Waals surface area contributed by atoms with Gasteiger partial charge in [0, 0.05) is 89.2 Å². The van der Waals surface area contributed by atoms with Crippen LogP contribution in [0.25, 0.3) is 89.7 Å². The minimum absolute atomic E-state index is 0.0173. The van der Waals surface area contributed by atoms with E-state index in [-0.39, 0.29) is 96.5 Å². The molecule has 0 aliphatic carbocycles. The minimum Gasteiger partial charge on any atom is -0.386 e. The van der Waals surface area contributed by atoms with E-state index < -0.39 is 87.7 Å².